The highest BCUT2D eigenvalue weighted by atomic mass is 16.8. The third kappa shape index (κ3) is 4.91. The molecular weight excluding hydrogens is 288 g/mol. The maximum atomic E-state index is 11.1. The number of hydrogen-bond acceptors (Lipinski definition) is 5. The van der Waals surface area contributed by atoms with Crippen LogP contribution in [-0.2, 0) is 9.53 Å². The van der Waals surface area contributed by atoms with Crippen molar-refractivity contribution in [2.24, 2.45) is 0 Å². The van der Waals surface area contributed by atoms with E-state index in [1.54, 1.807) is 0 Å². The average Bonchev–Trinajstić information content (AvgIpc) is 3.09. The smallest absolute Gasteiger partial charge is 0.341 e. The average molecular weight is 318 g/mol. The molecule has 0 saturated carbocycles. The number of aliphatic carboxylic acids is 1. The Bertz CT molecular complexity index is 348. The first-order chi connectivity index (χ1) is 10.4. The van der Waals surface area contributed by atoms with Gasteiger partial charge in [-0.15, -0.1) is 0 Å². The molecule has 1 heterocycles. The molecule has 1 fully saturated rings. The van der Waals surface area contributed by atoms with E-state index >= 15 is 0 Å². The summed E-state index contributed by atoms with van der Waals surface area (Å²) in [7, 11) is 0. The van der Waals surface area contributed by atoms with Gasteiger partial charge in [0.15, 0.2) is 0 Å². The highest BCUT2D eigenvalue weighted by Crippen LogP contribution is 2.44. The van der Waals surface area contributed by atoms with Crippen LogP contribution in [0.4, 0.5) is 0 Å². The zero-order valence-corrected chi connectivity index (χ0v) is 13.5. The van der Waals surface area contributed by atoms with E-state index < -0.39 is 23.6 Å². The number of aliphatic hydroxyl groups excluding tert-OH is 1. The fourth-order valence-corrected chi connectivity index (χ4v) is 2.75. The number of hydrogen-bond donors (Lipinski definition) is 4. The van der Waals surface area contributed by atoms with Gasteiger partial charge in [-0.25, -0.2) is 4.79 Å². The summed E-state index contributed by atoms with van der Waals surface area (Å²) in [5.41, 5.74) is -2.44. The Morgan fingerprint density at radius 1 is 1.05 bits per heavy atom. The molecule has 3 atom stereocenters. The van der Waals surface area contributed by atoms with E-state index in [0.29, 0.717) is 6.42 Å². The van der Waals surface area contributed by atoms with Gasteiger partial charge in [0, 0.05) is 0 Å². The summed E-state index contributed by atoms with van der Waals surface area (Å²) < 4.78 is 4.45. The summed E-state index contributed by atoms with van der Waals surface area (Å²) in [6, 6.07) is 0. The molecule has 1 rings (SSSR count). The molecule has 0 aromatic heterocycles. The Labute approximate surface area is 132 Å². The van der Waals surface area contributed by atoms with Crippen molar-refractivity contribution >= 4 is 5.97 Å². The Kier molecular flexibility index (Phi) is 7.76. The van der Waals surface area contributed by atoms with Crippen LogP contribution >= 0.6 is 0 Å². The van der Waals surface area contributed by atoms with Crippen molar-refractivity contribution in [3.8, 4) is 0 Å². The summed E-state index contributed by atoms with van der Waals surface area (Å²) in [5.74, 6) is -3.93. The van der Waals surface area contributed by atoms with Gasteiger partial charge in [-0.05, 0) is 12.8 Å². The van der Waals surface area contributed by atoms with Gasteiger partial charge in [0.25, 0.3) is 5.79 Å². The second-order valence-electron chi connectivity index (χ2n) is 6.26. The normalized spacial score (nSPS) is 26.6. The minimum absolute atomic E-state index is 0.133. The first-order valence-corrected chi connectivity index (χ1v) is 8.42. The van der Waals surface area contributed by atoms with E-state index in [9.17, 15) is 15.0 Å². The molecule has 0 spiro atoms. The Balaban J connectivity index is 2.11. The van der Waals surface area contributed by atoms with Crippen molar-refractivity contribution < 1.29 is 30.0 Å². The minimum atomic E-state index is -2.44. The molecule has 0 bridgehead atoms. The maximum Gasteiger partial charge on any atom is 0.341 e. The van der Waals surface area contributed by atoms with Crippen molar-refractivity contribution in [2.45, 2.75) is 95.2 Å². The third-order valence-corrected chi connectivity index (χ3v) is 4.41. The van der Waals surface area contributed by atoms with Crippen LogP contribution < -0.4 is 0 Å². The molecule has 1 aliphatic rings. The molecular formula is C16H30O6. The second kappa shape index (κ2) is 8.82. The lowest BCUT2D eigenvalue weighted by atomic mass is 9.89. The first kappa shape index (κ1) is 19.4. The molecule has 22 heavy (non-hydrogen) atoms. The predicted molar refractivity (Wildman–Crippen MR) is 81.1 cm³/mol. The Hall–Kier alpha value is -0.690. The van der Waals surface area contributed by atoms with Crippen LogP contribution in [0.3, 0.4) is 0 Å². The lowest BCUT2D eigenvalue weighted by Gasteiger charge is -2.25. The predicted octanol–water partition coefficient (Wildman–Crippen LogP) is 2.15. The monoisotopic (exact) mass is 318 g/mol. The van der Waals surface area contributed by atoms with Crippen molar-refractivity contribution in [2.75, 3.05) is 0 Å². The molecule has 0 aliphatic carbocycles. The number of ether oxygens (including phenoxy) is 1. The summed E-state index contributed by atoms with van der Waals surface area (Å²) in [5, 5.41) is 38.0. The quantitative estimate of drug-likeness (QED) is 0.306. The molecule has 0 aromatic carbocycles. The van der Waals surface area contributed by atoms with E-state index in [1.165, 1.54) is 38.5 Å². The van der Waals surface area contributed by atoms with Gasteiger partial charge >= 0.3 is 5.97 Å². The fourth-order valence-electron chi connectivity index (χ4n) is 2.75. The van der Waals surface area contributed by atoms with Gasteiger partial charge in [0.1, 0.15) is 0 Å². The summed E-state index contributed by atoms with van der Waals surface area (Å²) in [4.78, 5) is 11.1. The zero-order valence-electron chi connectivity index (χ0n) is 13.5. The van der Waals surface area contributed by atoms with Gasteiger partial charge in [0.05, 0.1) is 0 Å². The van der Waals surface area contributed by atoms with E-state index in [-0.39, 0.29) is 6.42 Å². The number of epoxide rings is 1. The lowest BCUT2D eigenvalue weighted by molar-refractivity contribution is -0.194. The molecule has 0 radical (unpaired) electrons. The Morgan fingerprint density at radius 3 is 1.82 bits per heavy atom. The van der Waals surface area contributed by atoms with Gasteiger partial charge in [-0.1, -0.05) is 64.7 Å². The number of aliphatic hydroxyl groups is 3. The molecule has 0 amide bonds. The number of unbranched alkanes of at least 4 members (excludes halogenated alkanes) is 9. The molecule has 4 N–H and O–H groups in total. The van der Waals surface area contributed by atoms with Crippen LogP contribution in [-0.4, -0.2) is 44.1 Å². The van der Waals surface area contributed by atoms with Crippen molar-refractivity contribution in [3.05, 3.63) is 0 Å². The van der Waals surface area contributed by atoms with E-state index in [1.807, 2.05) is 0 Å². The number of carboxylic acid groups (broad SMARTS) is 1. The van der Waals surface area contributed by atoms with Crippen LogP contribution in [0.1, 0.15) is 77.6 Å². The Morgan fingerprint density at radius 2 is 1.45 bits per heavy atom. The zero-order chi connectivity index (χ0) is 16.6. The highest BCUT2D eigenvalue weighted by Gasteiger charge is 2.72. The lowest BCUT2D eigenvalue weighted by Crippen LogP contribution is -2.53. The van der Waals surface area contributed by atoms with Gasteiger partial charge < -0.3 is 25.2 Å². The van der Waals surface area contributed by atoms with Crippen LogP contribution in [0, 0.1) is 0 Å². The number of carbonyl (C=O) groups is 1. The standard InChI is InChI=1S/C16H30O6/c1-2-3-4-5-6-7-8-9-10-11-12-15(20,13(17)18)16(21)14(19)22-16/h14,19-21H,2-12H2,1H3,(H,17,18). The molecule has 1 aliphatic heterocycles. The third-order valence-electron chi connectivity index (χ3n) is 4.41. The summed E-state index contributed by atoms with van der Waals surface area (Å²) >= 11 is 0. The van der Waals surface area contributed by atoms with E-state index in [2.05, 4.69) is 11.7 Å². The molecule has 0 aromatic rings. The first-order valence-electron chi connectivity index (χ1n) is 8.42. The van der Waals surface area contributed by atoms with Gasteiger partial charge in [0.2, 0.25) is 11.9 Å². The van der Waals surface area contributed by atoms with E-state index in [0.717, 1.165) is 19.3 Å². The van der Waals surface area contributed by atoms with Crippen molar-refractivity contribution in [1.29, 1.82) is 0 Å². The van der Waals surface area contributed by atoms with Crippen molar-refractivity contribution in [3.63, 3.8) is 0 Å². The molecule has 130 valence electrons. The summed E-state index contributed by atoms with van der Waals surface area (Å²) in [6.45, 7) is 2.19. The molecule has 6 nitrogen and oxygen atoms in total. The van der Waals surface area contributed by atoms with Gasteiger partial charge in [-0.2, -0.15) is 0 Å². The second-order valence-corrected chi connectivity index (χ2v) is 6.26. The number of carboxylic acids is 1. The topological polar surface area (TPSA) is 111 Å². The van der Waals surface area contributed by atoms with Crippen LogP contribution in [0.5, 0.6) is 0 Å². The molecule has 1 saturated heterocycles. The van der Waals surface area contributed by atoms with Crippen LogP contribution in [0.15, 0.2) is 0 Å². The fraction of sp³-hybridized carbons (Fsp3) is 0.938. The number of rotatable bonds is 13. The van der Waals surface area contributed by atoms with Gasteiger partial charge in [-0.3, -0.25) is 0 Å². The molecule has 6 heteroatoms. The minimum Gasteiger partial charge on any atom is -0.479 e. The SMILES string of the molecule is CCCCCCCCCCCCC(O)(C(=O)O)C1(O)OC1O. The largest absolute Gasteiger partial charge is 0.479 e. The maximum absolute atomic E-state index is 11.1. The van der Waals surface area contributed by atoms with Crippen LogP contribution in [0.25, 0.3) is 0 Å². The van der Waals surface area contributed by atoms with E-state index in [4.69, 9.17) is 10.2 Å². The van der Waals surface area contributed by atoms with Crippen molar-refractivity contribution in [1.82, 2.24) is 0 Å². The summed E-state index contributed by atoms with van der Waals surface area (Å²) in [6.07, 6.45) is 9.10. The molecule has 3 unspecified atom stereocenters. The van der Waals surface area contributed by atoms with Crippen LogP contribution in [0.2, 0.25) is 0 Å². The highest BCUT2D eigenvalue weighted by molar-refractivity contribution is 5.79.